The van der Waals surface area contributed by atoms with Crippen LogP contribution in [0.5, 0.6) is 0 Å². The molecule has 114 valence electrons. The summed E-state index contributed by atoms with van der Waals surface area (Å²) in [7, 11) is 1.77. The number of rotatable bonds is 8. The number of aliphatic imine (C=N–C) groups is 1. The van der Waals surface area contributed by atoms with Gasteiger partial charge in [0.15, 0.2) is 5.96 Å². The van der Waals surface area contributed by atoms with Gasteiger partial charge in [0.2, 0.25) is 0 Å². The van der Waals surface area contributed by atoms with Gasteiger partial charge in [0, 0.05) is 44.5 Å². The molecule has 0 unspecified atom stereocenters. The molecular weight excluding hydrogens is 272 g/mol. The van der Waals surface area contributed by atoms with E-state index in [4.69, 9.17) is 4.74 Å². The van der Waals surface area contributed by atoms with E-state index in [-0.39, 0.29) is 0 Å². The maximum Gasteiger partial charge on any atom is 0.191 e. The highest BCUT2D eigenvalue weighted by molar-refractivity contribution is 7.09. The molecule has 0 aromatic carbocycles. The summed E-state index contributed by atoms with van der Waals surface area (Å²) in [6.45, 7) is 9.37. The Morgan fingerprint density at radius 1 is 1.40 bits per heavy atom. The van der Waals surface area contributed by atoms with Gasteiger partial charge in [0.1, 0.15) is 0 Å². The SMILES string of the molecule is CCOCCNC(=NC)NCCc1csc(C(C)C)n1. The zero-order chi connectivity index (χ0) is 14.8. The van der Waals surface area contributed by atoms with E-state index in [9.17, 15) is 0 Å². The number of hydrogen-bond acceptors (Lipinski definition) is 4. The summed E-state index contributed by atoms with van der Waals surface area (Å²) in [4.78, 5) is 8.79. The predicted molar refractivity (Wildman–Crippen MR) is 85.8 cm³/mol. The van der Waals surface area contributed by atoms with Crippen LogP contribution < -0.4 is 10.6 Å². The second kappa shape index (κ2) is 9.72. The van der Waals surface area contributed by atoms with E-state index in [1.807, 2.05) is 6.92 Å². The molecule has 6 heteroatoms. The molecule has 0 aliphatic carbocycles. The summed E-state index contributed by atoms with van der Waals surface area (Å²) in [5.74, 6) is 1.32. The third-order valence-corrected chi connectivity index (χ3v) is 3.90. The Morgan fingerprint density at radius 3 is 2.75 bits per heavy atom. The van der Waals surface area contributed by atoms with Crippen molar-refractivity contribution in [2.24, 2.45) is 4.99 Å². The number of aromatic nitrogens is 1. The third kappa shape index (κ3) is 6.34. The number of ether oxygens (including phenoxy) is 1. The topological polar surface area (TPSA) is 58.5 Å². The van der Waals surface area contributed by atoms with Crippen molar-refractivity contribution < 1.29 is 4.74 Å². The highest BCUT2D eigenvalue weighted by atomic mass is 32.1. The number of hydrogen-bond donors (Lipinski definition) is 2. The molecule has 1 rings (SSSR count). The minimum atomic E-state index is 0.509. The lowest BCUT2D eigenvalue weighted by Crippen LogP contribution is -2.39. The molecule has 1 aromatic rings. The van der Waals surface area contributed by atoms with Crippen molar-refractivity contribution in [3.05, 3.63) is 16.1 Å². The van der Waals surface area contributed by atoms with Crippen molar-refractivity contribution in [3.63, 3.8) is 0 Å². The van der Waals surface area contributed by atoms with Crippen LogP contribution >= 0.6 is 11.3 Å². The normalized spacial score (nSPS) is 11.9. The van der Waals surface area contributed by atoms with Gasteiger partial charge in [-0.3, -0.25) is 4.99 Å². The Labute approximate surface area is 125 Å². The fourth-order valence-corrected chi connectivity index (χ4v) is 2.49. The van der Waals surface area contributed by atoms with Crippen LogP contribution in [0.15, 0.2) is 10.4 Å². The first-order valence-electron chi connectivity index (χ1n) is 7.14. The Morgan fingerprint density at radius 2 is 2.15 bits per heavy atom. The third-order valence-electron chi connectivity index (χ3n) is 2.70. The molecular formula is C14H26N4OS. The van der Waals surface area contributed by atoms with Gasteiger partial charge in [-0.2, -0.15) is 0 Å². The summed E-state index contributed by atoms with van der Waals surface area (Å²) >= 11 is 1.74. The molecule has 0 aliphatic rings. The molecule has 0 fully saturated rings. The molecule has 0 radical (unpaired) electrons. The Hall–Kier alpha value is -1.14. The molecule has 0 atom stereocenters. The maximum absolute atomic E-state index is 5.27. The van der Waals surface area contributed by atoms with Crippen LogP contribution in [-0.2, 0) is 11.2 Å². The van der Waals surface area contributed by atoms with Crippen LogP contribution in [-0.4, -0.2) is 44.3 Å². The van der Waals surface area contributed by atoms with E-state index < -0.39 is 0 Å². The van der Waals surface area contributed by atoms with Gasteiger partial charge in [-0.15, -0.1) is 11.3 Å². The molecule has 1 aromatic heterocycles. The van der Waals surface area contributed by atoms with Crippen LogP contribution in [0.4, 0.5) is 0 Å². The molecule has 2 N–H and O–H groups in total. The van der Waals surface area contributed by atoms with Gasteiger partial charge in [0.25, 0.3) is 0 Å². The molecule has 0 aliphatic heterocycles. The average molecular weight is 298 g/mol. The summed E-state index contributed by atoms with van der Waals surface area (Å²) in [6, 6.07) is 0. The smallest absolute Gasteiger partial charge is 0.191 e. The van der Waals surface area contributed by atoms with Crippen molar-refractivity contribution in [2.45, 2.75) is 33.1 Å². The first kappa shape index (κ1) is 16.9. The molecule has 0 spiro atoms. The number of nitrogens with zero attached hydrogens (tertiary/aromatic N) is 2. The quantitative estimate of drug-likeness (QED) is 0.438. The molecule has 20 heavy (non-hydrogen) atoms. The maximum atomic E-state index is 5.27. The van der Waals surface area contributed by atoms with Gasteiger partial charge >= 0.3 is 0 Å². The van der Waals surface area contributed by atoms with Gasteiger partial charge < -0.3 is 15.4 Å². The highest BCUT2D eigenvalue weighted by Gasteiger charge is 2.05. The molecule has 0 saturated heterocycles. The Balaban J connectivity index is 2.23. The van der Waals surface area contributed by atoms with E-state index in [0.717, 1.165) is 37.8 Å². The van der Waals surface area contributed by atoms with E-state index >= 15 is 0 Å². The summed E-state index contributed by atoms with van der Waals surface area (Å²) in [5.41, 5.74) is 1.15. The van der Waals surface area contributed by atoms with Crippen LogP contribution in [0.3, 0.4) is 0 Å². The fraction of sp³-hybridized carbons (Fsp3) is 0.714. The van der Waals surface area contributed by atoms with Crippen molar-refractivity contribution in [2.75, 3.05) is 33.4 Å². The zero-order valence-electron chi connectivity index (χ0n) is 12.9. The molecule has 5 nitrogen and oxygen atoms in total. The predicted octanol–water partition coefficient (Wildman–Crippen LogP) is 2.01. The lowest BCUT2D eigenvalue weighted by molar-refractivity contribution is 0.152. The van der Waals surface area contributed by atoms with E-state index in [1.54, 1.807) is 18.4 Å². The minimum Gasteiger partial charge on any atom is -0.380 e. The monoisotopic (exact) mass is 298 g/mol. The van der Waals surface area contributed by atoms with Gasteiger partial charge in [0.05, 0.1) is 17.3 Å². The van der Waals surface area contributed by atoms with Crippen LogP contribution in [0.25, 0.3) is 0 Å². The molecule has 0 amide bonds. The molecule has 0 saturated carbocycles. The lowest BCUT2D eigenvalue weighted by atomic mass is 10.2. The lowest BCUT2D eigenvalue weighted by Gasteiger charge is -2.11. The van der Waals surface area contributed by atoms with Gasteiger partial charge in [-0.25, -0.2) is 4.98 Å². The Kier molecular flexibility index (Phi) is 8.22. The van der Waals surface area contributed by atoms with Crippen LogP contribution in [0, 0.1) is 0 Å². The standard InChI is InChI=1S/C14H26N4OS/c1-5-19-9-8-17-14(15-4)16-7-6-12-10-20-13(18-12)11(2)3/h10-11H,5-9H2,1-4H3,(H2,15,16,17). The molecule has 0 bridgehead atoms. The zero-order valence-corrected chi connectivity index (χ0v) is 13.7. The van der Waals surface area contributed by atoms with Crippen molar-refractivity contribution in [3.8, 4) is 0 Å². The summed E-state index contributed by atoms with van der Waals surface area (Å²) in [5, 5.41) is 9.84. The van der Waals surface area contributed by atoms with E-state index in [2.05, 4.69) is 39.8 Å². The number of guanidine groups is 1. The van der Waals surface area contributed by atoms with Crippen LogP contribution in [0.1, 0.15) is 37.4 Å². The second-order valence-corrected chi connectivity index (χ2v) is 5.59. The van der Waals surface area contributed by atoms with Crippen molar-refractivity contribution >= 4 is 17.3 Å². The van der Waals surface area contributed by atoms with Gasteiger partial charge in [-0.1, -0.05) is 13.8 Å². The fourth-order valence-electron chi connectivity index (χ4n) is 1.62. The van der Waals surface area contributed by atoms with Crippen LogP contribution in [0.2, 0.25) is 0 Å². The second-order valence-electron chi connectivity index (χ2n) is 4.70. The minimum absolute atomic E-state index is 0.509. The first-order valence-corrected chi connectivity index (χ1v) is 8.01. The summed E-state index contributed by atoms with van der Waals surface area (Å²) < 4.78 is 5.27. The molecule has 1 heterocycles. The Bertz CT molecular complexity index is 404. The van der Waals surface area contributed by atoms with E-state index in [1.165, 1.54) is 5.01 Å². The largest absolute Gasteiger partial charge is 0.380 e. The van der Waals surface area contributed by atoms with E-state index in [0.29, 0.717) is 12.5 Å². The number of nitrogens with one attached hydrogen (secondary N) is 2. The summed E-state index contributed by atoms with van der Waals surface area (Å²) in [6.07, 6.45) is 0.912. The van der Waals surface area contributed by atoms with Crippen molar-refractivity contribution in [1.29, 1.82) is 0 Å². The highest BCUT2D eigenvalue weighted by Crippen LogP contribution is 2.19. The first-order chi connectivity index (χ1) is 9.67. The van der Waals surface area contributed by atoms with Crippen molar-refractivity contribution in [1.82, 2.24) is 15.6 Å². The average Bonchev–Trinajstić information content (AvgIpc) is 2.90. The van der Waals surface area contributed by atoms with Gasteiger partial charge in [-0.05, 0) is 6.92 Å². The number of thiazole rings is 1.